The van der Waals surface area contributed by atoms with Gasteiger partial charge in [0.25, 0.3) is 5.91 Å². The Morgan fingerprint density at radius 1 is 1.00 bits per heavy atom. The van der Waals surface area contributed by atoms with Crippen LogP contribution in [-0.2, 0) is 14.8 Å². The van der Waals surface area contributed by atoms with Gasteiger partial charge < -0.3 is 10.6 Å². The monoisotopic (exact) mass is 479 g/mol. The van der Waals surface area contributed by atoms with Crippen molar-refractivity contribution in [1.82, 2.24) is 9.62 Å². The first-order chi connectivity index (χ1) is 13.9. The minimum Gasteiger partial charge on any atom is -0.343 e. The highest BCUT2D eigenvalue weighted by Crippen LogP contribution is 2.21. The van der Waals surface area contributed by atoms with Crippen molar-refractivity contribution in [2.24, 2.45) is 0 Å². The Balaban J connectivity index is 1.61. The molecule has 7 nitrogen and oxygen atoms in total. The minimum absolute atomic E-state index is 0.0892. The molecule has 9 heteroatoms. The Hall–Kier alpha value is -2.23. The summed E-state index contributed by atoms with van der Waals surface area (Å²) in [6, 6.07) is 13.0. The highest BCUT2D eigenvalue weighted by Gasteiger charge is 2.26. The fourth-order valence-corrected chi connectivity index (χ4v) is 4.88. The summed E-state index contributed by atoms with van der Waals surface area (Å²) in [4.78, 5) is 24.5. The standard InChI is InChI=1S/C20H22BrN3O4S/c21-16-7-9-17(10-8-16)23-19(25)14-22-20(26)15-5-4-6-18(13-15)29(27,28)24-11-2-1-3-12-24/h4-10,13H,1-3,11-12,14H2,(H,22,26)(H,23,25). The minimum atomic E-state index is -3.62. The molecule has 0 bridgehead atoms. The fourth-order valence-electron chi connectivity index (χ4n) is 3.05. The molecule has 2 aromatic carbocycles. The third-order valence-corrected chi connectivity index (χ3v) is 7.01. The second-order valence-electron chi connectivity index (χ2n) is 6.73. The Morgan fingerprint density at radius 2 is 1.69 bits per heavy atom. The molecule has 0 unspecified atom stereocenters. The van der Waals surface area contributed by atoms with Crippen molar-refractivity contribution in [3.63, 3.8) is 0 Å². The highest BCUT2D eigenvalue weighted by molar-refractivity contribution is 9.10. The van der Waals surface area contributed by atoms with E-state index in [9.17, 15) is 18.0 Å². The summed E-state index contributed by atoms with van der Waals surface area (Å²) in [5.74, 6) is -0.885. The fraction of sp³-hybridized carbons (Fsp3) is 0.300. The van der Waals surface area contributed by atoms with Crippen LogP contribution < -0.4 is 10.6 Å². The summed E-state index contributed by atoms with van der Waals surface area (Å²) in [5.41, 5.74) is 0.807. The average molecular weight is 480 g/mol. The van der Waals surface area contributed by atoms with Gasteiger partial charge in [-0.2, -0.15) is 4.31 Å². The molecule has 0 saturated carbocycles. The third kappa shape index (κ3) is 5.65. The molecular formula is C20H22BrN3O4S. The van der Waals surface area contributed by atoms with Gasteiger partial charge in [0.1, 0.15) is 0 Å². The molecular weight excluding hydrogens is 458 g/mol. The number of hydrogen-bond acceptors (Lipinski definition) is 4. The van der Waals surface area contributed by atoms with Gasteiger partial charge in [0.05, 0.1) is 11.4 Å². The number of piperidine rings is 1. The zero-order valence-electron chi connectivity index (χ0n) is 15.7. The van der Waals surface area contributed by atoms with Gasteiger partial charge in [-0.15, -0.1) is 0 Å². The zero-order valence-corrected chi connectivity index (χ0v) is 18.1. The van der Waals surface area contributed by atoms with Gasteiger partial charge in [0.15, 0.2) is 0 Å². The maximum absolute atomic E-state index is 12.8. The smallest absolute Gasteiger partial charge is 0.251 e. The average Bonchev–Trinajstić information content (AvgIpc) is 2.74. The topological polar surface area (TPSA) is 95.6 Å². The van der Waals surface area contributed by atoms with Crippen LogP contribution in [0.2, 0.25) is 0 Å². The summed E-state index contributed by atoms with van der Waals surface area (Å²) in [5, 5.41) is 5.20. The molecule has 2 aromatic rings. The molecule has 1 fully saturated rings. The second kappa shape index (κ2) is 9.51. The lowest BCUT2D eigenvalue weighted by atomic mass is 10.2. The number of anilines is 1. The van der Waals surface area contributed by atoms with E-state index in [1.807, 2.05) is 0 Å². The van der Waals surface area contributed by atoms with E-state index in [0.717, 1.165) is 23.7 Å². The molecule has 154 valence electrons. The van der Waals surface area contributed by atoms with Crippen LogP contribution in [0.3, 0.4) is 0 Å². The molecule has 0 atom stereocenters. The van der Waals surface area contributed by atoms with Crippen molar-refractivity contribution in [2.75, 3.05) is 25.0 Å². The van der Waals surface area contributed by atoms with E-state index in [0.29, 0.717) is 18.8 Å². The number of rotatable bonds is 6. The summed E-state index contributed by atoms with van der Waals surface area (Å²) >= 11 is 3.32. The van der Waals surface area contributed by atoms with Gasteiger partial charge in [-0.1, -0.05) is 28.4 Å². The van der Waals surface area contributed by atoms with Crippen molar-refractivity contribution in [3.05, 3.63) is 58.6 Å². The largest absolute Gasteiger partial charge is 0.343 e. The Kier molecular flexibility index (Phi) is 7.05. The zero-order chi connectivity index (χ0) is 20.9. The van der Waals surface area contributed by atoms with Crippen LogP contribution in [0.25, 0.3) is 0 Å². The number of nitrogens with one attached hydrogen (secondary N) is 2. The molecule has 0 spiro atoms. The molecule has 0 aromatic heterocycles. The van der Waals surface area contributed by atoms with Crippen LogP contribution in [-0.4, -0.2) is 44.2 Å². The first-order valence-corrected chi connectivity index (χ1v) is 11.5. The molecule has 3 rings (SSSR count). The molecule has 1 saturated heterocycles. The molecule has 1 aliphatic heterocycles. The SMILES string of the molecule is O=C(CNC(=O)c1cccc(S(=O)(=O)N2CCCCC2)c1)Nc1ccc(Br)cc1. The van der Waals surface area contributed by atoms with Crippen LogP contribution in [0.15, 0.2) is 57.9 Å². The molecule has 0 radical (unpaired) electrons. The molecule has 1 aliphatic rings. The van der Waals surface area contributed by atoms with E-state index >= 15 is 0 Å². The van der Waals surface area contributed by atoms with Crippen molar-refractivity contribution < 1.29 is 18.0 Å². The molecule has 0 aliphatic carbocycles. The molecule has 2 amide bonds. The number of halogens is 1. The summed E-state index contributed by atoms with van der Waals surface area (Å²) < 4.78 is 27.9. The summed E-state index contributed by atoms with van der Waals surface area (Å²) in [7, 11) is -3.62. The molecule has 29 heavy (non-hydrogen) atoms. The van der Waals surface area contributed by atoms with Crippen molar-refractivity contribution >= 4 is 43.5 Å². The van der Waals surface area contributed by atoms with Gasteiger partial charge in [0, 0.05) is 28.8 Å². The maximum Gasteiger partial charge on any atom is 0.251 e. The van der Waals surface area contributed by atoms with E-state index < -0.39 is 15.9 Å². The lowest BCUT2D eigenvalue weighted by molar-refractivity contribution is -0.115. The van der Waals surface area contributed by atoms with Crippen molar-refractivity contribution in [1.29, 1.82) is 0 Å². The number of hydrogen-bond donors (Lipinski definition) is 2. The number of carbonyl (C=O) groups excluding carboxylic acids is 2. The van der Waals surface area contributed by atoms with Gasteiger partial charge in [0.2, 0.25) is 15.9 Å². The maximum atomic E-state index is 12.8. The molecule has 2 N–H and O–H groups in total. The number of sulfonamides is 1. The second-order valence-corrected chi connectivity index (χ2v) is 9.58. The predicted octanol–water partition coefficient (Wildman–Crippen LogP) is 2.99. The summed E-state index contributed by atoms with van der Waals surface area (Å²) in [6.45, 7) is 0.766. The number of nitrogens with zero attached hydrogens (tertiary/aromatic N) is 1. The van der Waals surface area contributed by atoms with Crippen LogP contribution in [0.1, 0.15) is 29.6 Å². The van der Waals surface area contributed by atoms with Crippen LogP contribution in [0, 0.1) is 0 Å². The molecule has 1 heterocycles. The van der Waals surface area contributed by atoms with E-state index in [1.165, 1.54) is 28.6 Å². The Bertz CT molecular complexity index is 987. The van der Waals surface area contributed by atoms with Gasteiger partial charge >= 0.3 is 0 Å². The Labute approximate surface area is 178 Å². The van der Waals surface area contributed by atoms with Crippen molar-refractivity contribution in [2.45, 2.75) is 24.2 Å². The summed E-state index contributed by atoms with van der Waals surface area (Å²) in [6.07, 6.45) is 2.70. The van der Waals surface area contributed by atoms with Crippen LogP contribution >= 0.6 is 15.9 Å². The van der Waals surface area contributed by atoms with E-state index in [4.69, 9.17) is 0 Å². The predicted molar refractivity (Wildman–Crippen MR) is 114 cm³/mol. The Morgan fingerprint density at radius 3 is 2.38 bits per heavy atom. The van der Waals surface area contributed by atoms with Crippen LogP contribution in [0.5, 0.6) is 0 Å². The van der Waals surface area contributed by atoms with E-state index in [1.54, 1.807) is 24.3 Å². The quantitative estimate of drug-likeness (QED) is 0.665. The van der Waals surface area contributed by atoms with Crippen molar-refractivity contribution in [3.8, 4) is 0 Å². The number of amides is 2. The normalized spacial score (nSPS) is 14.9. The van der Waals surface area contributed by atoms with Gasteiger partial charge in [-0.25, -0.2) is 8.42 Å². The first kappa shape index (κ1) is 21.5. The van der Waals surface area contributed by atoms with Gasteiger partial charge in [-0.05, 0) is 55.3 Å². The first-order valence-electron chi connectivity index (χ1n) is 9.30. The lowest BCUT2D eigenvalue weighted by Gasteiger charge is -2.26. The van der Waals surface area contributed by atoms with Crippen LogP contribution in [0.4, 0.5) is 5.69 Å². The number of benzene rings is 2. The number of carbonyl (C=O) groups is 2. The lowest BCUT2D eigenvalue weighted by Crippen LogP contribution is -2.36. The highest BCUT2D eigenvalue weighted by atomic mass is 79.9. The van der Waals surface area contributed by atoms with E-state index in [2.05, 4.69) is 26.6 Å². The van der Waals surface area contributed by atoms with Gasteiger partial charge in [-0.3, -0.25) is 9.59 Å². The van der Waals surface area contributed by atoms with E-state index in [-0.39, 0.29) is 22.9 Å². The third-order valence-electron chi connectivity index (χ3n) is 4.59.